The van der Waals surface area contributed by atoms with Crippen LogP contribution in [0.3, 0.4) is 0 Å². The molecule has 1 fully saturated rings. The number of rotatable bonds is 6. The molecular weight excluding hydrogens is 316 g/mol. The summed E-state index contributed by atoms with van der Waals surface area (Å²) in [4.78, 5) is 2.61. The van der Waals surface area contributed by atoms with Gasteiger partial charge in [0.05, 0.1) is 22.4 Å². The summed E-state index contributed by atoms with van der Waals surface area (Å²) in [7, 11) is 0. The van der Waals surface area contributed by atoms with Crippen LogP contribution in [0.15, 0.2) is 10.7 Å². The van der Waals surface area contributed by atoms with Crippen molar-refractivity contribution in [1.82, 2.24) is 14.7 Å². The summed E-state index contributed by atoms with van der Waals surface area (Å²) in [5, 5.41) is 4.44. The van der Waals surface area contributed by atoms with E-state index in [4.69, 9.17) is 5.73 Å². The number of aryl methyl sites for hydroxylation is 1. The van der Waals surface area contributed by atoms with Crippen molar-refractivity contribution >= 4 is 15.9 Å². The predicted octanol–water partition coefficient (Wildman–Crippen LogP) is 3.32. The molecule has 1 aromatic rings. The highest BCUT2D eigenvalue weighted by Gasteiger charge is 2.42. The van der Waals surface area contributed by atoms with Crippen molar-refractivity contribution in [3.05, 3.63) is 16.4 Å². The molecule has 1 aromatic heterocycles. The fraction of sp³-hybridized carbons (Fsp3) is 0.800. The number of halogens is 1. The Bertz CT molecular complexity index is 433. The fourth-order valence-corrected chi connectivity index (χ4v) is 4.23. The van der Waals surface area contributed by atoms with Crippen LogP contribution in [0.2, 0.25) is 0 Å². The maximum atomic E-state index is 6.76. The molecule has 5 heteroatoms. The second-order valence-electron chi connectivity index (χ2n) is 5.68. The first kappa shape index (κ1) is 16.0. The van der Waals surface area contributed by atoms with Crippen LogP contribution in [0.1, 0.15) is 58.2 Å². The monoisotopic (exact) mass is 342 g/mol. The molecule has 0 spiro atoms. The molecule has 20 heavy (non-hydrogen) atoms. The highest BCUT2D eigenvalue weighted by atomic mass is 79.9. The van der Waals surface area contributed by atoms with Crippen molar-refractivity contribution in [3.8, 4) is 0 Å². The molecule has 1 unspecified atom stereocenters. The Morgan fingerprint density at radius 3 is 2.40 bits per heavy atom. The van der Waals surface area contributed by atoms with E-state index in [9.17, 15) is 0 Å². The van der Waals surface area contributed by atoms with Gasteiger partial charge in [-0.05, 0) is 61.6 Å². The van der Waals surface area contributed by atoms with Gasteiger partial charge in [0.15, 0.2) is 0 Å². The van der Waals surface area contributed by atoms with E-state index in [1.807, 2.05) is 10.9 Å². The van der Waals surface area contributed by atoms with Crippen LogP contribution in [0.4, 0.5) is 0 Å². The lowest BCUT2D eigenvalue weighted by molar-refractivity contribution is 0.0733. The Morgan fingerprint density at radius 2 is 1.90 bits per heavy atom. The molecule has 4 nitrogen and oxygen atoms in total. The topological polar surface area (TPSA) is 47.1 Å². The first-order chi connectivity index (χ1) is 9.60. The Kier molecular flexibility index (Phi) is 5.26. The van der Waals surface area contributed by atoms with Gasteiger partial charge in [-0.25, -0.2) is 0 Å². The standard InChI is InChI=1S/C15H27BrN4/c1-4-15(5-2,19-9-7-8-10-19)14(17)13-12(16)11-18-20(13)6-3/h11,14H,4-10,17H2,1-3H3. The minimum absolute atomic E-state index is 0.00701. The van der Waals surface area contributed by atoms with E-state index in [0.717, 1.165) is 29.6 Å². The van der Waals surface area contributed by atoms with Gasteiger partial charge in [-0.15, -0.1) is 0 Å². The van der Waals surface area contributed by atoms with Gasteiger partial charge in [-0.3, -0.25) is 9.58 Å². The maximum Gasteiger partial charge on any atom is 0.0712 e. The number of hydrogen-bond donors (Lipinski definition) is 1. The smallest absolute Gasteiger partial charge is 0.0712 e. The lowest BCUT2D eigenvalue weighted by Crippen LogP contribution is -2.54. The molecule has 1 saturated heterocycles. The Labute approximate surface area is 130 Å². The molecule has 0 saturated carbocycles. The average Bonchev–Trinajstić information content (AvgIpc) is 3.10. The summed E-state index contributed by atoms with van der Waals surface area (Å²) in [5.74, 6) is 0. The van der Waals surface area contributed by atoms with Crippen molar-refractivity contribution in [3.63, 3.8) is 0 Å². The van der Waals surface area contributed by atoms with Gasteiger partial charge in [-0.1, -0.05) is 13.8 Å². The normalized spacial score (nSPS) is 18.6. The molecule has 114 valence electrons. The number of likely N-dealkylation sites (tertiary alicyclic amines) is 1. The molecule has 1 aliphatic heterocycles. The summed E-state index contributed by atoms with van der Waals surface area (Å²) in [6, 6.07) is -0.00701. The Hall–Kier alpha value is -0.390. The van der Waals surface area contributed by atoms with Crippen LogP contribution < -0.4 is 5.73 Å². The van der Waals surface area contributed by atoms with E-state index in [-0.39, 0.29) is 11.6 Å². The van der Waals surface area contributed by atoms with Gasteiger partial charge >= 0.3 is 0 Å². The van der Waals surface area contributed by atoms with Crippen molar-refractivity contribution in [2.45, 2.75) is 64.6 Å². The molecule has 0 amide bonds. The third-order valence-corrected chi connectivity index (χ3v) is 5.58. The lowest BCUT2D eigenvalue weighted by Gasteiger charge is -2.45. The largest absolute Gasteiger partial charge is 0.321 e. The highest BCUT2D eigenvalue weighted by Crippen LogP contribution is 2.40. The van der Waals surface area contributed by atoms with Crippen LogP contribution in [-0.2, 0) is 6.54 Å². The maximum absolute atomic E-state index is 6.76. The SMILES string of the molecule is CCn1ncc(Br)c1C(N)C(CC)(CC)N1CCCC1. The number of nitrogens with two attached hydrogens (primary N) is 1. The third kappa shape index (κ3) is 2.55. The van der Waals surface area contributed by atoms with Crippen LogP contribution >= 0.6 is 15.9 Å². The predicted molar refractivity (Wildman–Crippen MR) is 86.6 cm³/mol. The van der Waals surface area contributed by atoms with Gasteiger partial charge in [0, 0.05) is 12.1 Å². The van der Waals surface area contributed by atoms with Gasteiger partial charge in [0.25, 0.3) is 0 Å². The molecule has 1 aliphatic rings. The Balaban J connectivity index is 2.40. The zero-order valence-electron chi connectivity index (χ0n) is 12.9. The van der Waals surface area contributed by atoms with Crippen molar-refractivity contribution in [2.24, 2.45) is 5.73 Å². The molecule has 0 bridgehead atoms. The zero-order chi connectivity index (χ0) is 14.8. The first-order valence-corrected chi connectivity index (χ1v) is 8.61. The molecule has 2 rings (SSSR count). The molecule has 1 atom stereocenters. The Morgan fingerprint density at radius 1 is 1.30 bits per heavy atom. The van der Waals surface area contributed by atoms with Gasteiger partial charge in [0.1, 0.15) is 0 Å². The van der Waals surface area contributed by atoms with Crippen LogP contribution in [0.5, 0.6) is 0 Å². The second-order valence-corrected chi connectivity index (χ2v) is 6.53. The van der Waals surface area contributed by atoms with E-state index >= 15 is 0 Å². The zero-order valence-corrected chi connectivity index (χ0v) is 14.5. The van der Waals surface area contributed by atoms with E-state index in [1.54, 1.807) is 0 Å². The fourth-order valence-electron chi connectivity index (χ4n) is 3.68. The number of hydrogen-bond acceptors (Lipinski definition) is 3. The molecule has 0 aromatic carbocycles. The van der Waals surface area contributed by atoms with E-state index < -0.39 is 0 Å². The lowest BCUT2D eigenvalue weighted by atomic mass is 9.81. The van der Waals surface area contributed by atoms with Crippen LogP contribution in [0, 0.1) is 0 Å². The second kappa shape index (κ2) is 6.58. The first-order valence-electron chi connectivity index (χ1n) is 7.82. The van der Waals surface area contributed by atoms with Crippen LogP contribution in [-0.4, -0.2) is 33.3 Å². The minimum Gasteiger partial charge on any atom is -0.321 e. The van der Waals surface area contributed by atoms with Crippen molar-refractivity contribution in [1.29, 1.82) is 0 Å². The van der Waals surface area contributed by atoms with Crippen molar-refractivity contribution < 1.29 is 0 Å². The molecular formula is C15H27BrN4. The minimum atomic E-state index is -0.00701. The van der Waals surface area contributed by atoms with Gasteiger partial charge in [0.2, 0.25) is 0 Å². The molecule has 2 N–H and O–H groups in total. The van der Waals surface area contributed by atoms with Gasteiger partial charge < -0.3 is 5.73 Å². The number of nitrogens with zero attached hydrogens (tertiary/aromatic N) is 3. The van der Waals surface area contributed by atoms with E-state index in [0.29, 0.717) is 0 Å². The highest BCUT2D eigenvalue weighted by molar-refractivity contribution is 9.10. The summed E-state index contributed by atoms with van der Waals surface area (Å²) in [5.41, 5.74) is 7.95. The van der Waals surface area contributed by atoms with E-state index in [2.05, 4.69) is 46.7 Å². The third-order valence-electron chi connectivity index (χ3n) is 4.97. The molecule has 0 radical (unpaired) electrons. The molecule has 2 heterocycles. The van der Waals surface area contributed by atoms with E-state index in [1.165, 1.54) is 25.9 Å². The average molecular weight is 343 g/mol. The van der Waals surface area contributed by atoms with Crippen LogP contribution in [0.25, 0.3) is 0 Å². The molecule has 0 aliphatic carbocycles. The van der Waals surface area contributed by atoms with Crippen molar-refractivity contribution in [2.75, 3.05) is 13.1 Å². The summed E-state index contributed by atoms with van der Waals surface area (Å²) < 4.78 is 3.07. The summed E-state index contributed by atoms with van der Waals surface area (Å²) in [6.45, 7) is 9.86. The van der Waals surface area contributed by atoms with Gasteiger partial charge in [-0.2, -0.15) is 5.10 Å². The summed E-state index contributed by atoms with van der Waals surface area (Å²) >= 11 is 3.64. The quantitative estimate of drug-likeness (QED) is 0.862. The number of aromatic nitrogens is 2. The summed E-state index contributed by atoms with van der Waals surface area (Å²) in [6.07, 6.45) is 6.61.